The topological polar surface area (TPSA) is 30.5 Å². The summed E-state index contributed by atoms with van der Waals surface area (Å²) in [7, 11) is 1.68. The van der Waals surface area contributed by atoms with Crippen LogP contribution in [0.3, 0.4) is 0 Å². The number of halogens is 1. The van der Waals surface area contributed by atoms with Crippen molar-refractivity contribution in [2.45, 2.75) is 45.6 Å². The Morgan fingerprint density at radius 3 is 2.82 bits per heavy atom. The van der Waals surface area contributed by atoms with E-state index in [0.29, 0.717) is 6.61 Å². The van der Waals surface area contributed by atoms with E-state index in [-0.39, 0.29) is 0 Å². The first-order valence-corrected chi connectivity index (χ1v) is 8.91. The molecule has 0 saturated heterocycles. The van der Waals surface area contributed by atoms with E-state index in [9.17, 15) is 0 Å². The summed E-state index contributed by atoms with van der Waals surface area (Å²) in [5.41, 5.74) is 2.81. The van der Waals surface area contributed by atoms with Gasteiger partial charge in [0.2, 0.25) is 0 Å². The second kappa shape index (κ2) is 9.21. The molecule has 0 amide bonds. The van der Waals surface area contributed by atoms with Crippen LogP contribution in [0.5, 0.6) is 11.5 Å². The molecule has 22 heavy (non-hydrogen) atoms. The van der Waals surface area contributed by atoms with Gasteiger partial charge in [0.25, 0.3) is 0 Å². The predicted octanol–water partition coefficient (Wildman–Crippen LogP) is 4.84. The van der Waals surface area contributed by atoms with Crippen LogP contribution in [0.15, 0.2) is 28.3 Å². The molecule has 1 N–H and O–H groups in total. The average molecular weight is 368 g/mol. The maximum Gasteiger partial charge on any atom is 0.175 e. The van der Waals surface area contributed by atoms with Gasteiger partial charge in [-0.15, -0.1) is 0 Å². The molecule has 0 fully saturated rings. The van der Waals surface area contributed by atoms with Crippen molar-refractivity contribution in [2.24, 2.45) is 0 Å². The summed E-state index contributed by atoms with van der Waals surface area (Å²) < 4.78 is 12.0. The normalized spacial score (nSPS) is 14.6. The van der Waals surface area contributed by atoms with Crippen LogP contribution in [0, 0.1) is 0 Å². The van der Waals surface area contributed by atoms with E-state index in [4.69, 9.17) is 9.47 Å². The Morgan fingerprint density at radius 1 is 1.27 bits per heavy atom. The maximum atomic E-state index is 5.62. The molecule has 0 aliphatic heterocycles. The molecule has 0 heterocycles. The van der Waals surface area contributed by atoms with E-state index in [1.54, 1.807) is 12.7 Å². The molecule has 0 unspecified atom stereocenters. The van der Waals surface area contributed by atoms with Crippen molar-refractivity contribution in [1.29, 1.82) is 0 Å². The van der Waals surface area contributed by atoms with Crippen molar-refractivity contribution in [3.05, 3.63) is 33.8 Å². The Balaban J connectivity index is 1.87. The van der Waals surface area contributed by atoms with Gasteiger partial charge in [0.15, 0.2) is 11.5 Å². The third-order valence-corrected chi connectivity index (χ3v) is 4.50. The summed E-state index contributed by atoms with van der Waals surface area (Å²) >= 11 is 3.57. The highest BCUT2D eigenvalue weighted by molar-refractivity contribution is 9.10. The molecular formula is C18H26BrNO2. The standard InChI is InChI=1S/C18H26BrNO2/c1-3-22-18-16(19)11-15(12-17(18)21-2)13-20-10-9-14-7-5-4-6-8-14/h7,11-12,20H,3-6,8-10,13H2,1-2H3. The zero-order valence-electron chi connectivity index (χ0n) is 13.6. The number of ether oxygens (including phenoxy) is 2. The van der Waals surface area contributed by atoms with Gasteiger partial charge in [0, 0.05) is 6.54 Å². The molecule has 2 rings (SSSR count). The Kier molecular flexibility index (Phi) is 7.26. The minimum absolute atomic E-state index is 0.627. The predicted molar refractivity (Wildman–Crippen MR) is 94.7 cm³/mol. The summed E-state index contributed by atoms with van der Waals surface area (Å²) in [6, 6.07) is 4.14. The van der Waals surface area contributed by atoms with Crippen LogP contribution in [-0.4, -0.2) is 20.3 Å². The third kappa shape index (κ3) is 5.03. The monoisotopic (exact) mass is 367 g/mol. The number of hydrogen-bond acceptors (Lipinski definition) is 3. The first-order chi connectivity index (χ1) is 10.7. The highest BCUT2D eigenvalue weighted by Gasteiger charge is 2.11. The molecule has 0 radical (unpaired) electrons. The van der Waals surface area contributed by atoms with Crippen molar-refractivity contribution in [3.63, 3.8) is 0 Å². The number of methoxy groups -OCH3 is 1. The first-order valence-electron chi connectivity index (χ1n) is 8.12. The summed E-state index contributed by atoms with van der Waals surface area (Å²) in [6.07, 6.45) is 8.84. The van der Waals surface area contributed by atoms with Crippen molar-refractivity contribution in [3.8, 4) is 11.5 Å². The van der Waals surface area contributed by atoms with E-state index in [2.05, 4.69) is 33.4 Å². The van der Waals surface area contributed by atoms with Gasteiger partial charge in [-0.2, -0.15) is 0 Å². The molecule has 1 aromatic carbocycles. The SMILES string of the molecule is CCOc1c(Br)cc(CNCCC2=CCCCC2)cc1OC. The molecule has 0 aromatic heterocycles. The molecule has 0 bridgehead atoms. The van der Waals surface area contributed by atoms with Gasteiger partial charge in [-0.25, -0.2) is 0 Å². The molecule has 122 valence electrons. The average Bonchev–Trinajstić information content (AvgIpc) is 2.55. The molecule has 1 aliphatic carbocycles. The van der Waals surface area contributed by atoms with Crippen LogP contribution in [0.4, 0.5) is 0 Å². The Morgan fingerprint density at radius 2 is 2.14 bits per heavy atom. The number of allylic oxidation sites excluding steroid dienone is 1. The van der Waals surface area contributed by atoms with Crippen molar-refractivity contribution < 1.29 is 9.47 Å². The molecule has 1 aromatic rings. The minimum atomic E-state index is 0.627. The quantitative estimate of drug-likeness (QED) is 0.526. The third-order valence-electron chi connectivity index (χ3n) is 3.91. The van der Waals surface area contributed by atoms with E-state index in [0.717, 1.165) is 35.5 Å². The number of hydrogen-bond donors (Lipinski definition) is 1. The van der Waals surface area contributed by atoms with Crippen LogP contribution in [-0.2, 0) is 6.54 Å². The number of rotatable bonds is 8. The van der Waals surface area contributed by atoms with E-state index >= 15 is 0 Å². The van der Waals surface area contributed by atoms with Crippen molar-refractivity contribution >= 4 is 15.9 Å². The van der Waals surface area contributed by atoms with Gasteiger partial charge in [-0.1, -0.05) is 11.6 Å². The Bertz CT molecular complexity index is 514. The van der Waals surface area contributed by atoms with Crippen molar-refractivity contribution in [1.82, 2.24) is 5.32 Å². The minimum Gasteiger partial charge on any atom is -0.493 e. The first kappa shape index (κ1) is 17.4. The van der Waals surface area contributed by atoms with E-state index in [1.165, 1.54) is 31.2 Å². The molecule has 3 nitrogen and oxygen atoms in total. The molecule has 0 saturated carbocycles. The van der Waals surface area contributed by atoms with Crippen LogP contribution >= 0.6 is 15.9 Å². The molecule has 4 heteroatoms. The number of nitrogens with one attached hydrogen (secondary N) is 1. The summed E-state index contributed by atoms with van der Waals surface area (Å²) in [5, 5.41) is 3.52. The lowest BCUT2D eigenvalue weighted by molar-refractivity contribution is 0.308. The second-order valence-corrected chi connectivity index (χ2v) is 6.43. The van der Waals surface area contributed by atoms with Gasteiger partial charge >= 0.3 is 0 Å². The molecule has 1 aliphatic rings. The summed E-state index contributed by atoms with van der Waals surface area (Å²) in [6.45, 7) is 4.47. The van der Waals surface area contributed by atoms with E-state index < -0.39 is 0 Å². The highest BCUT2D eigenvalue weighted by Crippen LogP contribution is 2.36. The lowest BCUT2D eigenvalue weighted by atomic mass is 9.97. The van der Waals surface area contributed by atoms with Gasteiger partial charge < -0.3 is 14.8 Å². The lowest BCUT2D eigenvalue weighted by Gasteiger charge is -2.15. The molecule has 0 atom stereocenters. The fraction of sp³-hybridized carbons (Fsp3) is 0.556. The Hall–Kier alpha value is -1.00. The fourth-order valence-electron chi connectivity index (χ4n) is 2.77. The second-order valence-electron chi connectivity index (χ2n) is 5.58. The van der Waals surface area contributed by atoms with Gasteiger partial charge in [0.1, 0.15) is 0 Å². The molecule has 0 spiro atoms. The van der Waals surface area contributed by atoms with Crippen LogP contribution < -0.4 is 14.8 Å². The van der Waals surface area contributed by atoms with Gasteiger partial charge in [0.05, 0.1) is 18.2 Å². The van der Waals surface area contributed by atoms with Crippen molar-refractivity contribution in [2.75, 3.05) is 20.3 Å². The largest absolute Gasteiger partial charge is 0.493 e. The fourth-order valence-corrected chi connectivity index (χ4v) is 3.38. The van der Waals surface area contributed by atoms with Gasteiger partial charge in [-0.05, 0) is 79.2 Å². The number of benzene rings is 1. The van der Waals surface area contributed by atoms with Crippen LogP contribution in [0.25, 0.3) is 0 Å². The summed E-state index contributed by atoms with van der Waals surface area (Å²) in [4.78, 5) is 0. The van der Waals surface area contributed by atoms with Gasteiger partial charge in [-0.3, -0.25) is 0 Å². The zero-order valence-corrected chi connectivity index (χ0v) is 15.2. The van der Waals surface area contributed by atoms with Crippen LogP contribution in [0.1, 0.15) is 44.6 Å². The lowest BCUT2D eigenvalue weighted by Crippen LogP contribution is -2.16. The Labute approximate surface area is 142 Å². The smallest absolute Gasteiger partial charge is 0.175 e. The van der Waals surface area contributed by atoms with E-state index in [1.807, 2.05) is 13.0 Å². The molecular weight excluding hydrogens is 342 g/mol. The highest BCUT2D eigenvalue weighted by atomic mass is 79.9. The zero-order chi connectivity index (χ0) is 15.8. The summed E-state index contributed by atoms with van der Waals surface area (Å²) in [5.74, 6) is 1.56. The maximum absolute atomic E-state index is 5.62. The van der Waals surface area contributed by atoms with Crippen LogP contribution in [0.2, 0.25) is 0 Å².